The standard InChI is InChI=1S/C18H24F3N3O3/c19-12-18(20,21)13-1-4-16(22-10-13)23-5-7-24(8-6-23)17(26)9-14-2-3-15(11-25)27-14/h1,4,10,14-15,25H,2-3,5-9,11-12H2. The molecule has 27 heavy (non-hydrogen) atoms. The maximum absolute atomic E-state index is 13.3. The molecule has 2 aliphatic heterocycles. The van der Waals surface area contributed by atoms with Crippen molar-refractivity contribution < 1.29 is 27.8 Å². The summed E-state index contributed by atoms with van der Waals surface area (Å²) in [6.07, 6.45) is 2.54. The first-order valence-electron chi connectivity index (χ1n) is 9.12. The van der Waals surface area contributed by atoms with Crippen molar-refractivity contribution in [3.63, 3.8) is 0 Å². The molecule has 150 valence electrons. The number of pyridine rings is 1. The summed E-state index contributed by atoms with van der Waals surface area (Å²) in [4.78, 5) is 20.1. The van der Waals surface area contributed by atoms with Crippen LogP contribution < -0.4 is 4.90 Å². The number of alkyl halides is 3. The van der Waals surface area contributed by atoms with E-state index >= 15 is 0 Å². The van der Waals surface area contributed by atoms with Crippen LogP contribution in [0.3, 0.4) is 0 Å². The summed E-state index contributed by atoms with van der Waals surface area (Å²) in [7, 11) is 0. The van der Waals surface area contributed by atoms with E-state index in [4.69, 9.17) is 9.84 Å². The van der Waals surface area contributed by atoms with Crippen molar-refractivity contribution in [2.24, 2.45) is 0 Å². The van der Waals surface area contributed by atoms with Crippen molar-refractivity contribution in [2.45, 2.75) is 37.4 Å². The molecule has 0 aliphatic carbocycles. The lowest BCUT2D eigenvalue weighted by Gasteiger charge is -2.36. The van der Waals surface area contributed by atoms with Gasteiger partial charge in [0.05, 0.1) is 25.2 Å². The number of carbonyl (C=O) groups excluding carboxylic acids is 1. The van der Waals surface area contributed by atoms with Crippen LogP contribution in [0.1, 0.15) is 24.8 Å². The number of rotatable bonds is 6. The second kappa shape index (κ2) is 8.43. The van der Waals surface area contributed by atoms with Gasteiger partial charge in [-0.3, -0.25) is 4.79 Å². The topological polar surface area (TPSA) is 65.9 Å². The van der Waals surface area contributed by atoms with Gasteiger partial charge in [0.1, 0.15) is 5.82 Å². The van der Waals surface area contributed by atoms with Crippen molar-refractivity contribution >= 4 is 11.7 Å². The van der Waals surface area contributed by atoms with E-state index in [0.29, 0.717) is 38.4 Å². The lowest BCUT2D eigenvalue weighted by Crippen LogP contribution is -2.49. The number of carbonyl (C=O) groups is 1. The molecular weight excluding hydrogens is 363 g/mol. The first kappa shape index (κ1) is 19.9. The number of aliphatic hydroxyl groups is 1. The Bertz CT molecular complexity index is 636. The third kappa shape index (κ3) is 4.70. The van der Waals surface area contributed by atoms with Crippen molar-refractivity contribution in [3.05, 3.63) is 23.9 Å². The van der Waals surface area contributed by atoms with E-state index in [0.717, 1.165) is 19.0 Å². The van der Waals surface area contributed by atoms with Gasteiger partial charge in [0, 0.05) is 37.9 Å². The molecule has 9 heteroatoms. The third-order valence-corrected chi connectivity index (χ3v) is 5.10. The number of aromatic nitrogens is 1. The molecular formula is C18H24F3N3O3. The molecule has 2 saturated heterocycles. The van der Waals surface area contributed by atoms with Crippen molar-refractivity contribution in [3.8, 4) is 0 Å². The molecule has 3 heterocycles. The number of amides is 1. The smallest absolute Gasteiger partial charge is 0.302 e. The van der Waals surface area contributed by atoms with Crippen LogP contribution in [-0.2, 0) is 15.5 Å². The van der Waals surface area contributed by atoms with Gasteiger partial charge in [-0.15, -0.1) is 0 Å². The van der Waals surface area contributed by atoms with E-state index < -0.39 is 18.2 Å². The van der Waals surface area contributed by atoms with E-state index in [2.05, 4.69) is 4.98 Å². The highest BCUT2D eigenvalue weighted by atomic mass is 19.3. The van der Waals surface area contributed by atoms with E-state index in [-0.39, 0.29) is 24.7 Å². The molecule has 3 rings (SSSR count). The van der Waals surface area contributed by atoms with Gasteiger partial charge in [-0.2, -0.15) is 8.78 Å². The highest BCUT2D eigenvalue weighted by molar-refractivity contribution is 5.77. The summed E-state index contributed by atoms with van der Waals surface area (Å²) in [5, 5.41) is 9.09. The average molecular weight is 387 g/mol. The number of aliphatic hydroxyl groups excluding tert-OH is 1. The van der Waals surface area contributed by atoms with Gasteiger partial charge in [-0.05, 0) is 25.0 Å². The summed E-state index contributed by atoms with van der Waals surface area (Å²) in [5.74, 6) is -2.97. The second-order valence-electron chi connectivity index (χ2n) is 6.96. The normalized spacial score (nSPS) is 23.7. The highest BCUT2D eigenvalue weighted by Gasteiger charge is 2.33. The van der Waals surface area contributed by atoms with Crippen LogP contribution in [0, 0.1) is 0 Å². The minimum atomic E-state index is -3.52. The second-order valence-corrected chi connectivity index (χ2v) is 6.96. The van der Waals surface area contributed by atoms with Crippen LogP contribution in [0.25, 0.3) is 0 Å². The van der Waals surface area contributed by atoms with E-state index in [1.165, 1.54) is 12.1 Å². The molecule has 6 nitrogen and oxygen atoms in total. The quantitative estimate of drug-likeness (QED) is 0.805. The monoisotopic (exact) mass is 387 g/mol. The zero-order valence-corrected chi connectivity index (χ0v) is 15.0. The summed E-state index contributed by atoms with van der Waals surface area (Å²) < 4.78 is 44.6. The maximum atomic E-state index is 13.3. The van der Waals surface area contributed by atoms with Crippen LogP contribution in [-0.4, -0.2) is 72.6 Å². The number of nitrogens with zero attached hydrogens (tertiary/aromatic N) is 3. The summed E-state index contributed by atoms with van der Waals surface area (Å²) in [5.41, 5.74) is -0.444. The van der Waals surface area contributed by atoms with E-state index in [1.807, 2.05) is 4.90 Å². The minimum Gasteiger partial charge on any atom is -0.394 e. The first-order chi connectivity index (χ1) is 12.9. The predicted molar refractivity (Wildman–Crippen MR) is 92.5 cm³/mol. The van der Waals surface area contributed by atoms with Gasteiger partial charge in [0.25, 0.3) is 0 Å². The lowest BCUT2D eigenvalue weighted by molar-refractivity contribution is -0.134. The number of halogens is 3. The first-order valence-corrected chi connectivity index (χ1v) is 9.12. The molecule has 1 amide bonds. The summed E-state index contributed by atoms with van der Waals surface area (Å²) in [6.45, 7) is 0.341. The zero-order valence-electron chi connectivity index (χ0n) is 15.0. The Morgan fingerprint density at radius 3 is 2.48 bits per heavy atom. The Hall–Kier alpha value is -1.87. The molecule has 0 aromatic carbocycles. The molecule has 1 N–H and O–H groups in total. The number of piperazine rings is 1. The highest BCUT2D eigenvalue weighted by Crippen LogP contribution is 2.29. The number of hydrogen-bond donors (Lipinski definition) is 1. The van der Waals surface area contributed by atoms with Gasteiger partial charge < -0.3 is 19.6 Å². The van der Waals surface area contributed by atoms with Gasteiger partial charge in [0.15, 0.2) is 6.67 Å². The van der Waals surface area contributed by atoms with Crippen LogP contribution in [0.5, 0.6) is 0 Å². The molecule has 2 atom stereocenters. The Kier molecular flexibility index (Phi) is 6.21. The third-order valence-electron chi connectivity index (χ3n) is 5.10. The van der Waals surface area contributed by atoms with Crippen molar-refractivity contribution in [1.29, 1.82) is 0 Å². The van der Waals surface area contributed by atoms with Gasteiger partial charge in [0.2, 0.25) is 5.91 Å². The molecule has 0 saturated carbocycles. The summed E-state index contributed by atoms with van der Waals surface area (Å²) >= 11 is 0. The predicted octanol–water partition coefficient (Wildman–Crippen LogP) is 1.72. The molecule has 2 fully saturated rings. The Morgan fingerprint density at radius 2 is 1.93 bits per heavy atom. The molecule has 2 unspecified atom stereocenters. The minimum absolute atomic E-state index is 0.0177. The van der Waals surface area contributed by atoms with Gasteiger partial charge in [-0.1, -0.05) is 0 Å². The molecule has 1 aromatic rings. The number of anilines is 1. The van der Waals surface area contributed by atoms with Crippen molar-refractivity contribution in [2.75, 3.05) is 44.4 Å². The van der Waals surface area contributed by atoms with E-state index in [1.54, 1.807) is 4.90 Å². The van der Waals surface area contributed by atoms with Crippen LogP contribution in [0.15, 0.2) is 18.3 Å². The molecule has 1 aromatic heterocycles. The molecule has 0 radical (unpaired) electrons. The average Bonchev–Trinajstić information content (AvgIpc) is 3.15. The fourth-order valence-corrected chi connectivity index (χ4v) is 3.44. The van der Waals surface area contributed by atoms with E-state index in [9.17, 15) is 18.0 Å². The molecule has 2 aliphatic rings. The van der Waals surface area contributed by atoms with Crippen LogP contribution >= 0.6 is 0 Å². The fraction of sp³-hybridized carbons (Fsp3) is 0.667. The SMILES string of the molecule is O=C(CC1CCC(CO)O1)N1CCN(c2ccc(C(F)(F)CF)cn2)CC1. The van der Waals surface area contributed by atoms with Crippen molar-refractivity contribution in [1.82, 2.24) is 9.88 Å². The largest absolute Gasteiger partial charge is 0.394 e. The Balaban J connectivity index is 1.49. The Morgan fingerprint density at radius 1 is 1.22 bits per heavy atom. The molecule has 0 bridgehead atoms. The molecule has 0 spiro atoms. The van der Waals surface area contributed by atoms with Crippen LogP contribution in [0.2, 0.25) is 0 Å². The number of hydrogen-bond acceptors (Lipinski definition) is 5. The summed E-state index contributed by atoms with van der Waals surface area (Å²) in [6, 6.07) is 2.65. The lowest BCUT2D eigenvalue weighted by atomic mass is 10.1. The van der Waals surface area contributed by atoms with Gasteiger partial charge in [-0.25, -0.2) is 9.37 Å². The van der Waals surface area contributed by atoms with Gasteiger partial charge >= 0.3 is 5.92 Å². The Labute approximate surface area is 155 Å². The fourth-order valence-electron chi connectivity index (χ4n) is 3.44. The zero-order chi connectivity index (χ0) is 19.4. The van der Waals surface area contributed by atoms with Crippen LogP contribution in [0.4, 0.5) is 19.0 Å². The maximum Gasteiger partial charge on any atom is 0.302 e. The number of ether oxygens (including phenoxy) is 1.